The minimum Gasteiger partial charge on any atom is -0.468 e. The molecule has 94 valence electrons. The zero-order valence-corrected chi connectivity index (χ0v) is 10.4. The smallest absolute Gasteiger partial charge is 0.323 e. The first-order valence-corrected chi connectivity index (χ1v) is 5.95. The number of hydrogen-bond donors (Lipinski definition) is 0. The van der Waals surface area contributed by atoms with E-state index in [4.69, 9.17) is 4.74 Å². The number of Topliss-reactive ketones (excluding diaryl/α,β-unsaturated/α-hetero) is 1. The van der Waals surface area contributed by atoms with Gasteiger partial charge in [0, 0.05) is 6.42 Å². The highest BCUT2D eigenvalue weighted by atomic mass is 16.5. The Bertz CT molecular complexity index is 472. The zero-order valence-electron chi connectivity index (χ0n) is 10.4. The summed E-state index contributed by atoms with van der Waals surface area (Å²) in [5, 5.41) is 0. The van der Waals surface area contributed by atoms with Crippen LogP contribution in [0, 0.1) is 5.41 Å². The van der Waals surface area contributed by atoms with Gasteiger partial charge in [-0.1, -0.05) is 42.5 Å². The standard InChI is InChI=1S/C15H16O3/c1-11-8-9-13(16)15(11,14(17)18-2)10-12-6-4-3-5-7-12/h3-7H,1,8-10H2,2H3. The van der Waals surface area contributed by atoms with Gasteiger partial charge < -0.3 is 4.74 Å². The van der Waals surface area contributed by atoms with Gasteiger partial charge in [0.2, 0.25) is 0 Å². The van der Waals surface area contributed by atoms with Gasteiger partial charge in [-0.05, 0) is 18.4 Å². The van der Waals surface area contributed by atoms with Crippen LogP contribution in [0.3, 0.4) is 0 Å². The lowest BCUT2D eigenvalue weighted by Gasteiger charge is -2.25. The van der Waals surface area contributed by atoms with Crippen LogP contribution in [-0.4, -0.2) is 18.9 Å². The Balaban J connectivity index is 2.41. The second kappa shape index (κ2) is 4.77. The van der Waals surface area contributed by atoms with Crippen molar-refractivity contribution in [3.63, 3.8) is 0 Å². The maximum atomic E-state index is 12.1. The number of methoxy groups -OCH3 is 1. The molecule has 1 aliphatic carbocycles. The minimum absolute atomic E-state index is 0.0804. The second-order valence-corrected chi connectivity index (χ2v) is 4.59. The average Bonchev–Trinajstić information content (AvgIpc) is 2.68. The van der Waals surface area contributed by atoms with Crippen molar-refractivity contribution in [3.8, 4) is 0 Å². The van der Waals surface area contributed by atoms with Crippen LogP contribution in [0.5, 0.6) is 0 Å². The lowest BCUT2D eigenvalue weighted by Crippen LogP contribution is -2.39. The van der Waals surface area contributed by atoms with Crippen molar-refractivity contribution < 1.29 is 14.3 Å². The Morgan fingerprint density at radius 3 is 2.50 bits per heavy atom. The van der Waals surface area contributed by atoms with Gasteiger partial charge in [0.1, 0.15) is 0 Å². The maximum Gasteiger partial charge on any atom is 0.323 e. The normalized spacial score (nSPS) is 23.2. The fourth-order valence-electron chi connectivity index (χ4n) is 2.52. The van der Waals surface area contributed by atoms with Gasteiger partial charge in [0.25, 0.3) is 0 Å². The molecule has 1 fully saturated rings. The van der Waals surface area contributed by atoms with E-state index in [9.17, 15) is 9.59 Å². The Labute approximate surface area is 106 Å². The third kappa shape index (κ3) is 1.86. The first-order valence-electron chi connectivity index (χ1n) is 5.95. The third-order valence-corrected chi connectivity index (χ3v) is 3.58. The number of ketones is 1. The van der Waals surface area contributed by atoms with E-state index in [0.29, 0.717) is 24.8 Å². The van der Waals surface area contributed by atoms with E-state index in [0.717, 1.165) is 5.56 Å². The lowest BCUT2D eigenvalue weighted by molar-refractivity contribution is -0.154. The van der Waals surface area contributed by atoms with Gasteiger partial charge in [0.05, 0.1) is 7.11 Å². The molecule has 0 spiro atoms. The molecule has 1 aliphatic rings. The molecule has 0 radical (unpaired) electrons. The Morgan fingerprint density at radius 1 is 1.33 bits per heavy atom. The Hall–Kier alpha value is -1.90. The van der Waals surface area contributed by atoms with Crippen molar-refractivity contribution in [1.82, 2.24) is 0 Å². The lowest BCUT2D eigenvalue weighted by atomic mass is 9.76. The van der Waals surface area contributed by atoms with Crippen molar-refractivity contribution in [3.05, 3.63) is 48.0 Å². The van der Waals surface area contributed by atoms with Crippen molar-refractivity contribution in [2.45, 2.75) is 19.3 Å². The summed E-state index contributed by atoms with van der Waals surface area (Å²) in [7, 11) is 1.31. The van der Waals surface area contributed by atoms with Gasteiger partial charge in [-0.3, -0.25) is 9.59 Å². The summed E-state index contributed by atoms with van der Waals surface area (Å²) in [6.07, 6.45) is 1.29. The molecule has 0 saturated heterocycles. The van der Waals surface area contributed by atoms with Crippen LogP contribution in [0.2, 0.25) is 0 Å². The summed E-state index contributed by atoms with van der Waals surface area (Å²) in [6.45, 7) is 3.90. The molecule has 3 heteroatoms. The van der Waals surface area contributed by atoms with Crippen molar-refractivity contribution in [2.24, 2.45) is 5.41 Å². The van der Waals surface area contributed by atoms with Crippen LogP contribution in [0.25, 0.3) is 0 Å². The molecule has 1 unspecified atom stereocenters. The molecule has 1 atom stereocenters. The van der Waals surface area contributed by atoms with Crippen LogP contribution in [0.4, 0.5) is 0 Å². The maximum absolute atomic E-state index is 12.1. The number of rotatable bonds is 3. The predicted octanol–water partition coefficient (Wildman–Crippen LogP) is 2.31. The van der Waals surface area contributed by atoms with Crippen molar-refractivity contribution in [2.75, 3.05) is 7.11 Å². The summed E-state index contributed by atoms with van der Waals surface area (Å²) < 4.78 is 4.83. The highest BCUT2D eigenvalue weighted by molar-refractivity contribution is 6.09. The van der Waals surface area contributed by atoms with Gasteiger partial charge in [-0.2, -0.15) is 0 Å². The summed E-state index contributed by atoms with van der Waals surface area (Å²) in [5.74, 6) is -0.568. The molecule has 0 aliphatic heterocycles. The molecule has 0 N–H and O–H groups in total. The van der Waals surface area contributed by atoms with E-state index in [1.54, 1.807) is 0 Å². The minimum atomic E-state index is -1.17. The summed E-state index contributed by atoms with van der Waals surface area (Å²) in [4.78, 5) is 24.2. The molecule has 0 heterocycles. The molecular weight excluding hydrogens is 228 g/mol. The topological polar surface area (TPSA) is 43.4 Å². The number of esters is 1. The number of carbonyl (C=O) groups excluding carboxylic acids is 2. The summed E-state index contributed by atoms with van der Waals surface area (Å²) >= 11 is 0. The van der Waals surface area contributed by atoms with Gasteiger partial charge in [0.15, 0.2) is 11.2 Å². The van der Waals surface area contributed by atoms with E-state index in [1.165, 1.54) is 7.11 Å². The number of ether oxygens (including phenoxy) is 1. The molecule has 0 amide bonds. The highest BCUT2D eigenvalue weighted by Crippen LogP contribution is 2.42. The van der Waals surface area contributed by atoms with Crippen LogP contribution in [0.1, 0.15) is 18.4 Å². The van der Waals surface area contributed by atoms with Gasteiger partial charge in [-0.15, -0.1) is 0 Å². The predicted molar refractivity (Wildman–Crippen MR) is 68.0 cm³/mol. The monoisotopic (exact) mass is 244 g/mol. The molecular formula is C15H16O3. The molecule has 1 aromatic rings. The molecule has 18 heavy (non-hydrogen) atoms. The first kappa shape index (κ1) is 12.6. The van der Waals surface area contributed by atoms with Crippen LogP contribution in [0.15, 0.2) is 42.5 Å². The third-order valence-electron chi connectivity index (χ3n) is 3.58. The zero-order chi connectivity index (χ0) is 13.2. The van der Waals surface area contributed by atoms with Crippen LogP contribution < -0.4 is 0 Å². The molecule has 1 aromatic carbocycles. The van der Waals surface area contributed by atoms with E-state index < -0.39 is 11.4 Å². The Morgan fingerprint density at radius 2 is 2.00 bits per heavy atom. The fraction of sp³-hybridized carbons (Fsp3) is 0.333. The van der Waals surface area contributed by atoms with E-state index in [-0.39, 0.29) is 5.78 Å². The van der Waals surface area contributed by atoms with Gasteiger partial charge >= 0.3 is 5.97 Å². The average molecular weight is 244 g/mol. The second-order valence-electron chi connectivity index (χ2n) is 4.59. The quantitative estimate of drug-likeness (QED) is 0.465. The largest absolute Gasteiger partial charge is 0.468 e. The van der Waals surface area contributed by atoms with E-state index in [2.05, 4.69) is 6.58 Å². The number of benzene rings is 1. The number of hydrogen-bond acceptors (Lipinski definition) is 3. The number of carbonyl (C=O) groups is 2. The van der Waals surface area contributed by atoms with Crippen molar-refractivity contribution >= 4 is 11.8 Å². The summed E-state index contributed by atoms with van der Waals surface area (Å²) in [6, 6.07) is 9.50. The van der Waals surface area contributed by atoms with E-state index >= 15 is 0 Å². The molecule has 1 saturated carbocycles. The Kier molecular flexibility index (Phi) is 3.32. The first-order chi connectivity index (χ1) is 8.61. The molecule has 0 bridgehead atoms. The fourth-order valence-corrected chi connectivity index (χ4v) is 2.52. The molecule has 3 nitrogen and oxygen atoms in total. The van der Waals surface area contributed by atoms with Crippen LogP contribution in [-0.2, 0) is 20.7 Å². The van der Waals surface area contributed by atoms with Crippen molar-refractivity contribution in [1.29, 1.82) is 0 Å². The molecule has 2 rings (SSSR count). The highest BCUT2D eigenvalue weighted by Gasteiger charge is 2.52. The van der Waals surface area contributed by atoms with E-state index in [1.807, 2.05) is 30.3 Å². The SMILES string of the molecule is C=C1CCC(=O)C1(Cc1ccccc1)C(=O)OC. The van der Waals surface area contributed by atoms with Gasteiger partial charge in [-0.25, -0.2) is 0 Å². The van der Waals surface area contributed by atoms with Crippen LogP contribution >= 0.6 is 0 Å². The molecule has 0 aromatic heterocycles. The summed E-state index contributed by atoms with van der Waals surface area (Å²) in [5.41, 5.74) is 0.443.